The minimum absolute atomic E-state index is 0.104. The molecule has 3 rings (SSSR count). The van der Waals surface area contributed by atoms with E-state index < -0.39 is 36.3 Å². The van der Waals surface area contributed by atoms with Gasteiger partial charge in [-0.3, -0.25) is 4.79 Å². The number of hydrogen-bond acceptors (Lipinski definition) is 4. The average Bonchev–Trinajstić information content (AvgIpc) is 2.53. The number of alkyl halides is 3. The molecule has 0 radical (unpaired) electrons. The minimum Gasteiger partial charge on any atom is -0.504 e. The molecule has 3 N–H and O–H groups in total. The zero-order valence-corrected chi connectivity index (χ0v) is 13.3. The van der Waals surface area contributed by atoms with Gasteiger partial charge in [-0.1, -0.05) is 23.7 Å². The van der Waals surface area contributed by atoms with Gasteiger partial charge in [0.1, 0.15) is 12.7 Å². The Balaban J connectivity index is 2.10. The Kier molecular flexibility index (Phi) is 4.16. The Morgan fingerprint density at radius 3 is 2.52 bits per heavy atom. The molecule has 0 saturated heterocycles. The summed E-state index contributed by atoms with van der Waals surface area (Å²) in [5.74, 6) is -1.99. The maximum atomic E-state index is 13.0. The van der Waals surface area contributed by atoms with Crippen LogP contribution in [-0.2, 0) is 0 Å². The number of phenolic OH excluding ortho intramolecular Hbond substituents is 2. The highest BCUT2D eigenvalue weighted by molar-refractivity contribution is 6.32. The van der Waals surface area contributed by atoms with Crippen LogP contribution in [-0.4, -0.2) is 33.7 Å². The summed E-state index contributed by atoms with van der Waals surface area (Å²) in [5.41, 5.74) is 0.573. The molecule has 0 aliphatic carbocycles. The normalized spacial score (nSPS) is 17.2. The summed E-state index contributed by atoms with van der Waals surface area (Å²) in [6.45, 7) is -1.49. The number of fused-ring (bicyclic) bond motifs is 1. The van der Waals surface area contributed by atoms with Gasteiger partial charge in [0.15, 0.2) is 11.5 Å². The lowest BCUT2D eigenvalue weighted by molar-refractivity contribution is -0.144. The minimum atomic E-state index is -4.62. The number of amides is 1. The number of carbonyl (C=O) groups is 1. The summed E-state index contributed by atoms with van der Waals surface area (Å²) in [4.78, 5) is 13.2. The van der Waals surface area contributed by atoms with Crippen LogP contribution in [0.25, 0.3) is 0 Å². The third-order valence-corrected chi connectivity index (χ3v) is 4.04. The molecule has 0 aromatic heterocycles. The molecule has 1 amide bonds. The van der Waals surface area contributed by atoms with Crippen molar-refractivity contribution in [1.82, 2.24) is 4.90 Å². The number of hydrogen-bond donors (Lipinski definition) is 3. The fourth-order valence-electron chi connectivity index (χ4n) is 2.67. The van der Waals surface area contributed by atoms with Crippen molar-refractivity contribution in [2.24, 2.45) is 0 Å². The Morgan fingerprint density at radius 1 is 1.20 bits per heavy atom. The zero-order chi connectivity index (χ0) is 18.4. The molecule has 0 fully saturated rings. The monoisotopic (exact) mass is 372 g/mol. The lowest BCUT2D eigenvalue weighted by atomic mass is 10.0. The molecule has 1 aliphatic heterocycles. The van der Waals surface area contributed by atoms with Gasteiger partial charge in [0.25, 0.3) is 5.91 Å². The van der Waals surface area contributed by atoms with Gasteiger partial charge in [-0.05, 0) is 24.3 Å². The van der Waals surface area contributed by atoms with Crippen LogP contribution in [0, 0.1) is 0 Å². The van der Waals surface area contributed by atoms with Crippen molar-refractivity contribution in [3.05, 3.63) is 52.5 Å². The molecule has 1 aliphatic rings. The van der Waals surface area contributed by atoms with E-state index in [0.29, 0.717) is 10.6 Å². The van der Waals surface area contributed by atoms with Crippen LogP contribution >= 0.6 is 11.6 Å². The van der Waals surface area contributed by atoms with E-state index in [9.17, 15) is 28.2 Å². The van der Waals surface area contributed by atoms with Crippen molar-refractivity contribution >= 4 is 23.2 Å². The highest BCUT2D eigenvalue weighted by Crippen LogP contribution is 2.40. The van der Waals surface area contributed by atoms with Gasteiger partial charge >= 0.3 is 6.18 Å². The van der Waals surface area contributed by atoms with E-state index in [2.05, 4.69) is 5.32 Å². The van der Waals surface area contributed by atoms with E-state index in [0.717, 1.165) is 6.07 Å². The van der Waals surface area contributed by atoms with Crippen LogP contribution in [0.3, 0.4) is 0 Å². The van der Waals surface area contributed by atoms with E-state index in [1.807, 2.05) is 0 Å². The van der Waals surface area contributed by atoms with Crippen molar-refractivity contribution in [3.8, 4) is 11.5 Å². The van der Waals surface area contributed by atoms with Crippen molar-refractivity contribution in [1.29, 1.82) is 0 Å². The molecule has 5 nitrogen and oxygen atoms in total. The Labute approximate surface area is 145 Å². The molecule has 132 valence electrons. The summed E-state index contributed by atoms with van der Waals surface area (Å²) in [5, 5.41) is 21.8. The average molecular weight is 373 g/mol. The standard InChI is InChI=1S/C16H12ClF3N2O3/c17-10-5-8(6-12(23)13(10)24)14-21-11-4-2-1-3-9(11)15(25)22(14)7-16(18,19)20/h1-6,14,21,23-24H,7H2/t14-/m1/s1. The number of aromatic hydroxyl groups is 2. The number of phenols is 2. The number of benzene rings is 2. The molecule has 0 saturated carbocycles. The smallest absolute Gasteiger partial charge is 0.406 e. The lowest BCUT2D eigenvalue weighted by Gasteiger charge is -2.38. The quantitative estimate of drug-likeness (QED) is 0.699. The Hall–Kier alpha value is -2.61. The fraction of sp³-hybridized carbons (Fsp3) is 0.188. The van der Waals surface area contributed by atoms with E-state index >= 15 is 0 Å². The summed E-state index contributed by atoms with van der Waals surface area (Å²) in [6, 6.07) is 8.42. The number of nitrogens with zero attached hydrogens (tertiary/aromatic N) is 1. The molecule has 2 aromatic carbocycles. The predicted molar refractivity (Wildman–Crippen MR) is 84.7 cm³/mol. The van der Waals surface area contributed by atoms with E-state index in [1.165, 1.54) is 12.1 Å². The van der Waals surface area contributed by atoms with Crippen LogP contribution in [0.2, 0.25) is 5.02 Å². The van der Waals surface area contributed by atoms with Crippen LogP contribution in [0.15, 0.2) is 36.4 Å². The van der Waals surface area contributed by atoms with E-state index in [-0.39, 0.29) is 16.1 Å². The van der Waals surface area contributed by atoms with Gasteiger partial charge in [0, 0.05) is 11.3 Å². The van der Waals surface area contributed by atoms with Gasteiger partial charge in [0.2, 0.25) is 0 Å². The van der Waals surface area contributed by atoms with Gasteiger partial charge in [0.05, 0.1) is 10.6 Å². The number of para-hydroxylation sites is 1. The molecule has 25 heavy (non-hydrogen) atoms. The molecule has 0 spiro atoms. The summed E-state index contributed by atoms with van der Waals surface area (Å²) >= 11 is 5.79. The third-order valence-electron chi connectivity index (χ3n) is 3.75. The van der Waals surface area contributed by atoms with Crippen LogP contribution < -0.4 is 5.32 Å². The number of nitrogens with one attached hydrogen (secondary N) is 1. The van der Waals surface area contributed by atoms with Crippen LogP contribution in [0.5, 0.6) is 11.5 Å². The highest BCUT2D eigenvalue weighted by Gasteiger charge is 2.41. The first kappa shape index (κ1) is 17.2. The van der Waals surface area contributed by atoms with Gasteiger partial charge in [-0.15, -0.1) is 0 Å². The van der Waals surface area contributed by atoms with Gasteiger partial charge in [-0.25, -0.2) is 0 Å². The summed E-state index contributed by atoms with van der Waals surface area (Å²) in [6.07, 6.45) is -5.84. The molecule has 0 bridgehead atoms. The first-order valence-corrected chi connectivity index (χ1v) is 7.50. The number of carbonyl (C=O) groups excluding carboxylic acids is 1. The van der Waals surface area contributed by atoms with E-state index in [1.54, 1.807) is 18.2 Å². The summed E-state index contributed by atoms with van der Waals surface area (Å²) < 4.78 is 38.9. The van der Waals surface area contributed by atoms with Crippen LogP contribution in [0.4, 0.5) is 18.9 Å². The van der Waals surface area contributed by atoms with E-state index in [4.69, 9.17) is 11.6 Å². The molecular formula is C16H12ClF3N2O3. The zero-order valence-electron chi connectivity index (χ0n) is 12.5. The number of anilines is 1. The molecular weight excluding hydrogens is 361 g/mol. The van der Waals surface area contributed by atoms with Gasteiger partial charge < -0.3 is 20.4 Å². The number of halogens is 4. The maximum absolute atomic E-state index is 13.0. The molecule has 2 aromatic rings. The second-order valence-electron chi connectivity index (χ2n) is 5.51. The van der Waals surface area contributed by atoms with Crippen molar-refractivity contribution in [2.45, 2.75) is 12.3 Å². The Bertz CT molecular complexity index is 819. The SMILES string of the molecule is O=C1c2ccccc2N[C@@H](c2cc(O)c(O)c(Cl)c2)N1CC(F)(F)F. The van der Waals surface area contributed by atoms with Crippen molar-refractivity contribution in [2.75, 3.05) is 11.9 Å². The molecule has 1 heterocycles. The van der Waals surface area contributed by atoms with Crippen LogP contribution in [0.1, 0.15) is 22.1 Å². The second-order valence-corrected chi connectivity index (χ2v) is 5.92. The van der Waals surface area contributed by atoms with Crippen molar-refractivity contribution in [3.63, 3.8) is 0 Å². The Morgan fingerprint density at radius 2 is 1.88 bits per heavy atom. The summed E-state index contributed by atoms with van der Waals surface area (Å²) in [7, 11) is 0. The molecule has 9 heteroatoms. The molecule has 0 unspecified atom stereocenters. The lowest BCUT2D eigenvalue weighted by Crippen LogP contribution is -2.47. The maximum Gasteiger partial charge on any atom is 0.406 e. The number of rotatable bonds is 2. The first-order valence-electron chi connectivity index (χ1n) is 7.12. The first-order chi connectivity index (χ1) is 11.7. The fourth-order valence-corrected chi connectivity index (χ4v) is 2.90. The predicted octanol–water partition coefficient (Wildman–Crippen LogP) is 3.88. The highest BCUT2D eigenvalue weighted by atomic mass is 35.5. The largest absolute Gasteiger partial charge is 0.504 e. The second kappa shape index (κ2) is 6.03. The topological polar surface area (TPSA) is 72.8 Å². The molecule has 1 atom stereocenters. The van der Waals surface area contributed by atoms with Crippen molar-refractivity contribution < 1.29 is 28.2 Å². The van der Waals surface area contributed by atoms with Gasteiger partial charge in [-0.2, -0.15) is 13.2 Å². The third kappa shape index (κ3) is 3.30.